The van der Waals surface area contributed by atoms with Gasteiger partial charge in [0.1, 0.15) is 5.69 Å². The SMILES string of the molecule is CC1Cc2ccccc2N(c2cccnc2/C(N)=N/O)C1. The van der Waals surface area contributed by atoms with Gasteiger partial charge in [-0.15, -0.1) is 0 Å². The third-order valence-corrected chi connectivity index (χ3v) is 3.77. The topological polar surface area (TPSA) is 74.7 Å². The van der Waals surface area contributed by atoms with Gasteiger partial charge in [-0.2, -0.15) is 0 Å². The van der Waals surface area contributed by atoms with E-state index in [4.69, 9.17) is 10.9 Å². The molecule has 0 bridgehead atoms. The Labute approximate surface area is 123 Å². The molecule has 1 unspecified atom stereocenters. The predicted octanol–water partition coefficient (Wildman–Crippen LogP) is 2.51. The van der Waals surface area contributed by atoms with Crippen LogP contribution in [-0.4, -0.2) is 22.6 Å². The smallest absolute Gasteiger partial charge is 0.190 e. The van der Waals surface area contributed by atoms with Gasteiger partial charge in [-0.25, -0.2) is 0 Å². The molecule has 108 valence electrons. The molecule has 1 aromatic heterocycles. The molecule has 3 rings (SSSR count). The molecule has 0 aliphatic carbocycles. The molecule has 1 aliphatic rings. The van der Waals surface area contributed by atoms with Crippen LogP contribution >= 0.6 is 0 Å². The van der Waals surface area contributed by atoms with Crippen molar-refractivity contribution >= 4 is 17.2 Å². The summed E-state index contributed by atoms with van der Waals surface area (Å²) in [5.41, 5.74) is 9.61. The minimum atomic E-state index is 0.0290. The minimum absolute atomic E-state index is 0.0290. The van der Waals surface area contributed by atoms with Gasteiger partial charge in [0.25, 0.3) is 0 Å². The lowest BCUT2D eigenvalue weighted by atomic mass is 9.93. The van der Waals surface area contributed by atoms with Crippen molar-refractivity contribution in [2.24, 2.45) is 16.8 Å². The number of hydrogen-bond acceptors (Lipinski definition) is 4. The van der Waals surface area contributed by atoms with Gasteiger partial charge in [-0.1, -0.05) is 30.3 Å². The van der Waals surface area contributed by atoms with E-state index in [0.29, 0.717) is 11.6 Å². The summed E-state index contributed by atoms with van der Waals surface area (Å²) in [5, 5.41) is 12.1. The maximum absolute atomic E-state index is 8.96. The Balaban J connectivity index is 2.13. The molecule has 2 heterocycles. The number of para-hydroxylation sites is 1. The molecule has 1 aromatic carbocycles. The molecule has 0 amide bonds. The minimum Gasteiger partial charge on any atom is -0.409 e. The number of aromatic nitrogens is 1. The van der Waals surface area contributed by atoms with Crippen molar-refractivity contribution in [2.75, 3.05) is 11.4 Å². The highest BCUT2D eigenvalue weighted by Gasteiger charge is 2.25. The molecule has 1 aliphatic heterocycles. The summed E-state index contributed by atoms with van der Waals surface area (Å²) in [7, 11) is 0. The second-order valence-electron chi connectivity index (χ2n) is 5.40. The Morgan fingerprint density at radius 1 is 1.29 bits per heavy atom. The van der Waals surface area contributed by atoms with Crippen molar-refractivity contribution < 1.29 is 5.21 Å². The van der Waals surface area contributed by atoms with E-state index in [1.54, 1.807) is 6.20 Å². The van der Waals surface area contributed by atoms with E-state index in [0.717, 1.165) is 24.3 Å². The summed E-state index contributed by atoms with van der Waals surface area (Å²) in [4.78, 5) is 6.46. The number of anilines is 2. The van der Waals surface area contributed by atoms with Crippen LogP contribution < -0.4 is 10.6 Å². The molecule has 21 heavy (non-hydrogen) atoms. The molecule has 2 aromatic rings. The maximum Gasteiger partial charge on any atom is 0.190 e. The Morgan fingerprint density at radius 3 is 2.86 bits per heavy atom. The molecule has 5 nitrogen and oxygen atoms in total. The zero-order valence-electron chi connectivity index (χ0n) is 11.9. The van der Waals surface area contributed by atoms with Gasteiger partial charge in [0.15, 0.2) is 5.84 Å². The largest absolute Gasteiger partial charge is 0.409 e. The Morgan fingerprint density at radius 2 is 2.05 bits per heavy atom. The third-order valence-electron chi connectivity index (χ3n) is 3.77. The van der Waals surface area contributed by atoms with Crippen LogP contribution in [-0.2, 0) is 6.42 Å². The van der Waals surface area contributed by atoms with Gasteiger partial charge in [0.2, 0.25) is 0 Å². The second kappa shape index (κ2) is 5.44. The lowest BCUT2D eigenvalue weighted by Gasteiger charge is -2.35. The van der Waals surface area contributed by atoms with Crippen LogP contribution in [0.5, 0.6) is 0 Å². The first-order valence-electron chi connectivity index (χ1n) is 6.99. The fraction of sp³-hybridized carbons (Fsp3) is 0.250. The standard InChI is InChI=1S/C16H18N4O/c1-11-9-12-5-2-3-6-13(12)20(10-11)14-7-4-8-18-15(14)16(17)19-21/h2-8,11,21H,9-10H2,1H3,(H2,17,19). The number of hydrogen-bond donors (Lipinski definition) is 2. The molecule has 5 heteroatoms. The van der Waals surface area contributed by atoms with Crippen molar-refractivity contribution in [1.29, 1.82) is 0 Å². The van der Waals surface area contributed by atoms with Gasteiger partial charge in [0, 0.05) is 18.4 Å². The van der Waals surface area contributed by atoms with Gasteiger partial charge in [-0.3, -0.25) is 4.98 Å². The van der Waals surface area contributed by atoms with E-state index in [1.807, 2.05) is 18.2 Å². The molecule has 0 saturated heterocycles. The normalized spacial score (nSPS) is 18.4. The van der Waals surface area contributed by atoms with E-state index in [-0.39, 0.29) is 5.84 Å². The van der Waals surface area contributed by atoms with Crippen LogP contribution in [0, 0.1) is 5.92 Å². The number of rotatable bonds is 2. The summed E-state index contributed by atoms with van der Waals surface area (Å²) < 4.78 is 0. The predicted molar refractivity (Wildman–Crippen MR) is 83.1 cm³/mol. The molecule has 3 N–H and O–H groups in total. The zero-order chi connectivity index (χ0) is 14.8. The summed E-state index contributed by atoms with van der Waals surface area (Å²) in [6.45, 7) is 3.11. The molecule has 0 saturated carbocycles. The molecule has 1 atom stereocenters. The van der Waals surface area contributed by atoms with Crippen molar-refractivity contribution in [3.63, 3.8) is 0 Å². The highest BCUT2D eigenvalue weighted by Crippen LogP contribution is 2.36. The summed E-state index contributed by atoms with van der Waals surface area (Å²) in [6.07, 6.45) is 2.71. The summed E-state index contributed by atoms with van der Waals surface area (Å²) >= 11 is 0. The second-order valence-corrected chi connectivity index (χ2v) is 5.40. The number of nitrogens with two attached hydrogens (primary N) is 1. The molecular weight excluding hydrogens is 264 g/mol. The number of pyridine rings is 1. The lowest BCUT2D eigenvalue weighted by Crippen LogP contribution is -2.32. The van der Waals surface area contributed by atoms with Crippen LogP contribution in [0.2, 0.25) is 0 Å². The van der Waals surface area contributed by atoms with Crippen molar-refractivity contribution in [2.45, 2.75) is 13.3 Å². The maximum atomic E-state index is 8.96. The summed E-state index contributed by atoms with van der Waals surface area (Å²) in [5.74, 6) is 0.557. The fourth-order valence-electron chi connectivity index (χ4n) is 2.88. The first kappa shape index (κ1) is 13.4. The highest BCUT2D eigenvalue weighted by molar-refractivity contribution is 6.01. The van der Waals surface area contributed by atoms with Gasteiger partial charge in [-0.05, 0) is 36.1 Å². The Kier molecular flexibility index (Phi) is 3.48. The molecule has 0 spiro atoms. The monoisotopic (exact) mass is 282 g/mol. The van der Waals surface area contributed by atoms with Crippen molar-refractivity contribution in [3.8, 4) is 0 Å². The quantitative estimate of drug-likeness (QED) is 0.384. The van der Waals surface area contributed by atoms with Crippen LogP contribution in [0.1, 0.15) is 18.2 Å². The fourth-order valence-corrected chi connectivity index (χ4v) is 2.88. The Bertz CT molecular complexity index is 683. The van der Waals surface area contributed by atoms with Crippen LogP contribution in [0.15, 0.2) is 47.8 Å². The molecule has 0 fully saturated rings. The van der Waals surface area contributed by atoms with E-state index in [1.165, 1.54) is 5.56 Å². The van der Waals surface area contributed by atoms with Gasteiger partial charge >= 0.3 is 0 Å². The molecule has 0 radical (unpaired) electrons. The number of nitrogens with zero attached hydrogens (tertiary/aromatic N) is 3. The average molecular weight is 282 g/mol. The van der Waals surface area contributed by atoms with Gasteiger partial charge in [0.05, 0.1) is 5.69 Å². The first-order chi connectivity index (χ1) is 10.2. The zero-order valence-corrected chi connectivity index (χ0v) is 11.9. The van der Waals surface area contributed by atoms with E-state index in [2.05, 4.69) is 40.2 Å². The lowest BCUT2D eigenvalue weighted by molar-refractivity contribution is 0.318. The van der Waals surface area contributed by atoms with Crippen LogP contribution in [0.25, 0.3) is 0 Å². The highest BCUT2D eigenvalue weighted by atomic mass is 16.4. The van der Waals surface area contributed by atoms with E-state index < -0.39 is 0 Å². The van der Waals surface area contributed by atoms with Crippen LogP contribution in [0.4, 0.5) is 11.4 Å². The summed E-state index contributed by atoms with van der Waals surface area (Å²) in [6, 6.07) is 12.2. The number of amidine groups is 1. The third kappa shape index (κ3) is 2.42. The average Bonchev–Trinajstić information content (AvgIpc) is 2.53. The van der Waals surface area contributed by atoms with Crippen molar-refractivity contribution in [3.05, 3.63) is 53.9 Å². The number of fused-ring (bicyclic) bond motifs is 1. The number of benzene rings is 1. The number of oxime groups is 1. The van der Waals surface area contributed by atoms with Crippen molar-refractivity contribution in [1.82, 2.24) is 4.98 Å². The first-order valence-corrected chi connectivity index (χ1v) is 6.99. The van der Waals surface area contributed by atoms with E-state index >= 15 is 0 Å². The van der Waals surface area contributed by atoms with Crippen LogP contribution in [0.3, 0.4) is 0 Å². The van der Waals surface area contributed by atoms with Gasteiger partial charge < -0.3 is 15.8 Å². The Hall–Kier alpha value is -2.56. The molecular formula is C16H18N4O. The van der Waals surface area contributed by atoms with E-state index in [9.17, 15) is 0 Å².